The molecular weight excluding hydrogens is 250 g/mol. The van der Waals surface area contributed by atoms with Gasteiger partial charge in [-0.3, -0.25) is 9.78 Å². The van der Waals surface area contributed by atoms with Crippen LogP contribution >= 0.6 is 0 Å². The molecule has 4 nitrogen and oxygen atoms in total. The van der Waals surface area contributed by atoms with E-state index >= 15 is 0 Å². The van der Waals surface area contributed by atoms with Crippen molar-refractivity contribution >= 4 is 11.6 Å². The van der Waals surface area contributed by atoms with Gasteiger partial charge in [0.2, 0.25) is 5.91 Å². The van der Waals surface area contributed by atoms with E-state index in [0.717, 1.165) is 23.2 Å². The number of para-hydroxylation sites is 1. The first-order chi connectivity index (χ1) is 9.74. The molecule has 0 spiro atoms. The van der Waals surface area contributed by atoms with Crippen molar-refractivity contribution in [2.75, 3.05) is 5.32 Å². The molecule has 2 heterocycles. The minimum atomic E-state index is -0.172. The van der Waals surface area contributed by atoms with E-state index in [-0.39, 0.29) is 11.9 Å². The number of nitrogens with zero attached hydrogens (tertiary/aromatic N) is 1. The van der Waals surface area contributed by atoms with Gasteiger partial charge in [0.1, 0.15) is 6.04 Å². The first-order valence-electron chi connectivity index (χ1n) is 6.75. The number of rotatable bonds is 3. The van der Waals surface area contributed by atoms with E-state index in [9.17, 15) is 4.79 Å². The quantitative estimate of drug-likeness (QED) is 0.895. The van der Waals surface area contributed by atoms with E-state index in [1.165, 1.54) is 5.56 Å². The highest BCUT2D eigenvalue weighted by Gasteiger charge is 2.25. The van der Waals surface area contributed by atoms with Gasteiger partial charge in [0, 0.05) is 31.0 Å². The summed E-state index contributed by atoms with van der Waals surface area (Å²) in [5, 5.41) is 6.25. The predicted molar refractivity (Wildman–Crippen MR) is 78.4 cm³/mol. The molecule has 1 atom stereocenters. The number of nitrogens with one attached hydrogen (secondary N) is 2. The third-order valence-corrected chi connectivity index (χ3v) is 3.68. The highest BCUT2D eigenvalue weighted by atomic mass is 16.2. The van der Waals surface area contributed by atoms with Gasteiger partial charge in [-0.25, -0.2) is 0 Å². The molecular formula is C16H17N3O. The molecule has 0 bridgehead atoms. The number of hydrogen-bond donors (Lipinski definition) is 2. The Hall–Kier alpha value is -2.36. The number of amides is 1. The zero-order valence-electron chi connectivity index (χ0n) is 11.4. The van der Waals surface area contributed by atoms with Crippen molar-refractivity contribution in [2.45, 2.75) is 25.9 Å². The number of fused-ring (bicyclic) bond motifs is 1. The van der Waals surface area contributed by atoms with Gasteiger partial charge in [-0.1, -0.05) is 18.2 Å². The number of pyridine rings is 1. The van der Waals surface area contributed by atoms with Gasteiger partial charge < -0.3 is 10.6 Å². The molecule has 3 rings (SSSR count). The van der Waals surface area contributed by atoms with Gasteiger partial charge in [0.15, 0.2) is 0 Å². The third-order valence-electron chi connectivity index (χ3n) is 3.68. The third kappa shape index (κ3) is 2.50. The molecule has 1 unspecified atom stereocenters. The van der Waals surface area contributed by atoms with E-state index < -0.39 is 0 Å². The Kier molecular flexibility index (Phi) is 3.37. The lowest BCUT2D eigenvalue weighted by atomic mass is 10.1. The summed E-state index contributed by atoms with van der Waals surface area (Å²) < 4.78 is 0. The first-order valence-corrected chi connectivity index (χ1v) is 6.75. The van der Waals surface area contributed by atoms with Crippen molar-refractivity contribution < 1.29 is 4.79 Å². The van der Waals surface area contributed by atoms with Gasteiger partial charge >= 0.3 is 0 Å². The molecule has 0 fully saturated rings. The average molecular weight is 267 g/mol. The minimum absolute atomic E-state index is 0.0393. The van der Waals surface area contributed by atoms with E-state index in [0.29, 0.717) is 6.54 Å². The van der Waals surface area contributed by atoms with Crippen molar-refractivity contribution in [2.24, 2.45) is 0 Å². The smallest absolute Gasteiger partial charge is 0.243 e. The van der Waals surface area contributed by atoms with E-state index in [1.807, 2.05) is 37.4 Å². The molecule has 2 N–H and O–H groups in total. The molecule has 1 aromatic heterocycles. The summed E-state index contributed by atoms with van der Waals surface area (Å²) in [4.78, 5) is 16.3. The summed E-state index contributed by atoms with van der Waals surface area (Å²) in [6.07, 6.45) is 4.31. The Bertz CT molecular complexity index is 614. The maximum atomic E-state index is 12.2. The summed E-state index contributed by atoms with van der Waals surface area (Å²) in [6, 6.07) is 9.81. The van der Waals surface area contributed by atoms with Crippen LogP contribution in [0.15, 0.2) is 42.7 Å². The lowest BCUT2D eigenvalue weighted by molar-refractivity contribution is -0.121. The van der Waals surface area contributed by atoms with Gasteiger partial charge in [0.25, 0.3) is 0 Å². The van der Waals surface area contributed by atoms with Crippen LogP contribution in [0.3, 0.4) is 0 Å². The maximum Gasteiger partial charge on any atom is 0.243 e. The molecule has 20 heavy (non-hydrogen) atoms. The number of carbonyl (C=O) groups excluding carboxylic acids is 1. The second kappa shape index (κ2) is 5.33. The molecule has 0 aliphatic carbocycles. The minimum Gasteiger partial charge on any atom is -0.373 e. The van der Waals surface area contributed by atoms with Crippen LogP contribution in [0.4, 0.5) is 5.69 Å². The molecule has 0 saturated heterocycles. The van der Waals surface area contributed by atoms with Crippen LogP contribution in [0, 0.1) is 6.92 Å². The topological polar surface area (TPSA) is 54.0 Å². The van der Waals surface area contributed by atoms with Gasteiger partial charge in [-0.2, -0.15) is 0 Å². The van der Waals surface area contributed by atoms with Crippen molar-refractivity contribution in [3.8, 4) is 0 Å². The second-order valence-corrected chi connectivity index (χ2v) is 5.08. The molecule has 0 radical (unpaired) electrons. The molecule has 102 valence electrons. The SMILES string of the molecule is Cc1cnccc1CNC(=O)C1Cc2ccccc2N1. The van der Waals surface area contributed by atoms with Crippen molar-refractivity contribution in [3.05, 3.63) is 59.4 Å². The monoisotopic (exact) mass is 267 g/mol. The number of anilines is 1. The summed E-state index contributed by atoms with van der Waals surface area (Å²) in [6.45, 7) is 2.54. The Morgan fingerprint density at radius 3 is 3.05 bits per heavy atom. The van der Waals surface area contributed by atoms with Crippen LogP contribution in [0.5, 0.6) is 0 Å². The Balaban J connectivity index is 1.61. The van der Waals surface area contributed by atoms with Crippen LogP contribution in [0.2, 0.25) is 0 Å². The standard InChI is InChI=1S/C16H17N3O/c1-11-9-17-7-6-13(11)10-18-16(20)15-8-12-4-2-3-5-14(12)19-15/h2-7,9,15,19H,8,10H2,1H3,(H,18,20). The number of benzene rings is 1. The fourth-order valence-corrected chi connectivity index (χ4v) is 2.46. The zero-order chi connectivity index (χ0) is 13.9. The van der Waals surface area contributed by atoms with Crippen LogP contribution < -0.4 is 10.6 Å². The summed E-state index contributed by atoms with van der Waals surface area (Å²) in [5.41, 5.74) is 4.46. The lowest BCUT2D eigenvalue weighted by Gasteiger charge is -2.12. The van der Waals surface area contributed by atoms with Crippen LogP contribution in [-0.2, 0) is 17.8 Å². The Morgan fingerprint density at radius 2 is 2.25 bits per heavy atom. The van der Waals surface area contributed by atoms with Crippen molar-refractivity contribution in [1.29, 1.82) is 0 Å². The van der Waals surface area contributed by atoms with Crippen molar-refractivity contribution in [1.82, 2.24) is 10.3 Å². The molecule has 1 aliphatic rings. The second-order valence-electron chi connectivity index (χ2n) is 5.08. The normalized spacial score (nSPS) is 16.4. The highest BCUT2D eigenvalue weighted by Crippen LogP contribution is 2.25. The number of aryl methyl sites for hydroxylation is 1. The van der Waals surface area contributed by atoms with E-state index in [4.69, 9.17) is 0 Å². The van der Waals surface area contributed by atoms with Crippen LogP contribution in [0.25, 0.3) is 0 Å². The molecule has 4 heteroatoms. The number of hydrogen-bond acceptors (Lipinski definition) is 3. The lowest BCUT2D eigenvalue weighted by Crippen LogP contribution is -2.38. The maximum absolute atomic E-state index is 12.2. The Morgan fingerprint density at radius 1 is 1.40 bits per heavy atom. The average Bonchev–Trinajstić information content (AvgIpc) is 2.90. The predicted octanol–water partition coefficient (Wildman–Crippen LogP) is 2.04. The van der Waals surface area contributed by atoms with Gasteiger partial charge in [-0.15, -0.1) is 0 Å². The zero-order valence-corrected chi connectivity index (χ0v) is 11.4. The fourth-order valence-electron chi connectivity index (χ4n) is 2.46. The van der Waals surface area contributed by atoms with E-state index in [1.54, 1.807) is 6.20 Å². The number of carbonyl (C=O) groups is 1. The Labute approximate surface area is 118 Å². The molecule has 2 aromatic rings. The van der Waals surface area contributed by atoms with Crippen LogP contribution in [0.1, 0.15) is 16.7 Å². The van der Waals surface area contributed by atoms with Gasteiger partial charge in [0.05, 0.1) is 0 Å². The molecule has 1 aromatic carbocycles. The summed E-state index contributed by atoms with van der Waals surface area (Å²) >= 11 is 0. The summed E-state index contributed by atoms with van der Waals surface area (Å²) in [7, 11) is 0. The van der Waals surface area contributed by atoms with Crippen LogP contribution in [-0.4, -0.2) is 16.9 Å². The number of aromatic nitrogens is 1. The largest absolute Gasteiger partial charge is 0.373 e. The van der Waals surface area contributed by atoms with Gasteiger partial charge in [-0.05, 0) is 35.7 Å². The first kappa shape index (κ1) is 12.7. The fraction of sp³-hybridized carbons (Fsp3) is 0.250. The van der Waals surface area contributed by atoms with E-state index in [2.05, 4.69) is 21.7 Å². The summed E-state index contributed by atoms with van der Waals surface area (Å²) in [5.74, 6) is 0.0393. The van der Waals surface area contributed by atoms with Crippen molar-refractivity contribution in [3.63, 3.8) is 0 Å². The molecule has 0 saturated carbocycles. The molecule has 1 amide bonds. The molecule has 1 aliphatic heterocycles. The highest BCUT2D eigenvalue weighted by molar-refractivity contribution is 5.87.